The van der Waals surface area contributed by atoms with Crippen LogP contribution >= 0.6 is 0 Å². The molecule has 1 aromatic rings. The van der Waals surface area contributed by atoms with E-state index < -0.39 is 47.7 Å². The van der Waals surface area contributed by atoms with Gasteiger partial charge in [0.2, 0.25) is 5.91 Å². The molecular formula is C12H12F3NO3. The Balaban J connectivity index is 2.58. The van der Waals surface area contributed by atoms with E-state index in [4.69, 9.17) is 0 Å². The van der Waals surface area contributed by atoms with E-state index in [0.29, 0.717) is 12.1 Å². The van der Waals surface area contributed by atoms with E-state index in [0.717, 1.165) is 0 Å². The van der Waals surface area contributed by atoms with E-state index in [-0.39, 0.29) is 6.61 Å². The van der Waals surface area contributed by atoms with Crippen LogP contribution in [0.3, 0.4) is 0 Å². The van der Waals surface area contributed by atoms with Crippen LogP contribution < -0.4 is 5.32 Å². The van der Waals surface area contributed by atoms with Gasteiger partial charge in [0.15, 0.2) is 5.78 Å². The van der Waals surface area contributed by atoms with Crippen LogP contribution in [-0.4, -0.2) is 25.4 Å². The minimum absolute atomic E-state index is 0.216. The highest BCUT2D eigenvalue weighted by Gasteiger charge is 2.14. The highest BCUT2D eigenvalue weighted by Crippen LogP contribution is 2.14. The third-order valence-electron chi connectivity index (χ3n) is 2.23. The van der Waals surface area contributed by atoms with Crippen molar-refractivity contribution in [3.8, 4) is 0 Å². The summed E-state index contributed by atoms with van der Waals surface area (Å²) in [6.45, 7) is -0.677. The Hall–Kier alpha value is -1.89. The number of hydrogen-bond acceptors (Lipinski definition) is 3. The summed E-state index contributed by atoms with van der Waals surface area (Å²) in [6.07, 6.45) is -0.446. The molecule has 1 N–H and O–H groups in total. The molecule has 0 saturated carbocycles. The minimum atomic E-state index is -1.10. The quantitative estimate of drug-likeness (QED) is 0.797. The summed E-state index contributed by atoms with van der Waals surface area (Å²) >= 11 is 0. The molecule has 0 heterocycles. The molecule has 1 aromatic carbocycles. The number of nitrogens with one attached hydrogen (secondary N) is 1. The van der Waals surface area contributed by atoms with E-state index in [1.807, 2.05) is 0 Å². The van der Waals surface area contributed by atoms with Crippen molar-refractivity contribution in [2.75, 3.05) is 13.7 Å². The predicted octanol–water partition coefficient (Wildman–Crippen LogP) is 1.33. The van der Waals surface area contributed by atoms with Gasteiger partial charge in [0.05, 0.1) is 6.42 Å². The molecule has 0 atom stereocenters. The molecule has 0 aliphatic carbocycles. The Labute approximate surface area is 107 Å². The molecule has 7 heteroatoms. The fourth-order valence-electron chi connectivity index (χ4n) is 1.38. The lowest BCUT2D eigenvalue weighted by Crippen LogP contribution is -2.27. The maximum Gasteiger partial charge on any atom is 0.227 e. The van der Waals surface area contributed by atoms with Crippen LogP contribution in [0.15, 0.2) is 12.1 Å². The monoisotopic (exact) mass is 275 g/mol. The number of halogens is 3. The SMILES string of the molecule is COCC(=O)CC(=O)NCc1c(F)cc(F)cc1F. The lowest BCUT2D eigenvalue weighted by molar-refractivity contribution is -0.130. The number of ether oxygens (including phenoxy) is 1. The number of methoxy groups -OCH3 is 1. The van der Waals surface area contributed by atoms with Gasteiger partial charge in [-0.1, -0.05) is 0 Å². The van der Waals surface area contributed by atoms with Crippen molar-refractivity contribution in [3.05, 3.63) is 35.1 Å². The number of carbonyl (C=O) groups excluding carboxylic acids is 2. The molecule has 1 rings (SSSR count). The normalized spacial score (nSPS) is 10.3. The molecule has 4 nitrogen and oxygen atoms in total. The molecule has 1 amide bonds. The molecule has 0 radical (unpaired) electrons. The third kappa shape index (κ3) is 4.70. The minimum Gasteiger partial charge on any atom is -0.377 e. The molecule has 0 saturated heterocycles. The maximum absolute atomic E-state index is 13.2. The van der Waals surface area contributed by atoms with Crippen LogP contribution in [0.4, 0.5) is 13.2 Å². The van der Waals surface area contributed by atoms with Crippen LogP contribution in [0.25, 0.3) is 0 Å². The first-order valence-electron chi connectivity index (χ1n) is 5.34. The third-order valence-corrected chi connectivity index (χ3v) is 2.23. The van der Waals surface area contributed by atoms with E-state index in [1.165, 1.54) is 7.11 Å². The van der Waals surface area contributed by atoms with Gasteiger partial charge < -0.3 is 10.1 Å². The summed E-state index contributed by atoms with van der Waals surface area (Å²) in [6, 6.07) is 1.03. The smallest absolute Gasteiger partial charge is 0.227 e. The second-order valence-electron chi connectivity index (χ2n) is 3.77. The van der Waals surface area contributed by atoms with Crippen molar-refractivity contribution in [1.82, 2.24) is 5.32 Å². The Morgan fingerprint density at radius 3 is 2.32 bits per heavy atom. The van der Waals surface area contributed by atoms with Crippen LogP contribution in [0.1, 0.15) is 12.0 Å². The highest BCUT2D eigenvalue weighted by atomic mass is 19.1. The molecule has 0 bridgehead atoms. The van der Waals surface area contributed by atoms with E-state index in [1.54, 1.807) is 0 Å². The lowest BCUT2D eigenvalue weighted by Gasteiger charge is -2.07. The van der Waals surface area contributed by atoms with Crippen LogP contribution in [-0.2, 0) is 20.9 Å². The number of hydrogen-bond donors (Lipinski definition) is 1. The van der Waals surface area contributed by atoms with Gasteiger partial charge in [0.25, 0.3) is 0 Å². The summed E-state index contributed by atoms with van der Waals surface area (Å²) < 4.78 is 43.6. The first-order chi connectivity index (χ1) is 8.93. The zero-order chi connectivity index (χ0) is 14.4. The van der Waals surface area contributed by atoms with Gasteiger partial charge in [-0.05, 0) is 0 Å². The maximum atomic E-state index is 13.2. The van der Waals surface area contributed by atoms with Crippen molar-refractivity contribution < 1.29 is 27.5 Å². The second-order valence-corrected chi connectivity index (χ2v) is 3.77. The van der Waals surface area contributed by atoms with E-state index in [2.05, 4.69) is 10.1 Å². The van der Waals surface area contributed by atoms with E-state index in [9.17, 15) is 22.8 Å². The molecule has 0 unspecified atom stereocenters. The van der Waals surface area contributed by atoms with Crippen LogP contribution in [0.2, 0.25) is 0 Å². The first kappa shape index (κ1) is 15.2. The standard InChI is InChI=1S/C12H12F3NO3/c1-19-6-8(17)4-12(18)16-5-9-10(14)2-7(13)3-11(9)15/h2-3H,4-6H2,1H3,(H,16,18). The Morgan fingerprint density at radius 1 is 1.21 bits per heavy atom. The zero-order valence-corrected chi connectivity index (χ0v) is 10.1. The number of rotatable bonds is 6. The summed E-state index contributed by atoms with van der Waals surface area (Å²) in [5, 5.41) is 2.17. The molecule has 0 fully saturated rings. The van der Waals surface area contributed by atoms with Crippen molar-refractivity contribution in [3.63, 3.8) is 0 Å². The van der Waals surface area contributed by atoms with Crippen molar-refractivity contribution >= 4 is 11.7 Å². The van der Waals surface area contributed by atoms with Crippen LogP contribution in [0.5, 0.6) is 0 Å². The van der Waals surface area contributed by atoms with E-state index >= 15 is 0 Å². The second kappa shape index (κ2) is 6.89. The fraction of sp³-hybridized carbons (Fsp3) is 0.333. The van der Waals surface area contributed by atoms with Crippen LogP contribution in [0, 0.1) is 17.5 Å². The molecule has 0 aromatic heterocycles. The van der Waals surface area contributed by atoms with Gasteiger partial charge in [0.1, 0.15) is 24.1 Å². The zero-order valence-electron chi connectivity index (χ0n) is 10.1. The molecule has 19 heavy (non-hydrogen) atoms. The van der Waals surface area contributed by atoms with Gasteiger partial charge in [0, 0.05) is 31.4 Å². The predicted molar refractivity (Wildman–Crippen MR) is 59.7 cm³/mol. The molecule has 104 valence electrons. The Kier molecular flexibility index (Phi) is 5.50. The fourth-order valence-corrected chi connectivity index (χ4v) is 1.38. The lowest BCUT2D eigenvalue weighted by atomic mass is 10.2. The molecular weight excluding hydrogens is 263 g/mol. The average molecular weight is 275 g/mol. The van der Waals surface area contributed by atoms with Crippen molar-refractivity contribution in [2.24, 2.45) is 0 Å². The number of benzene rings is 1. The summed E-state index contributed by atoms with van der Waals surface area (Å²) in [7, 11) is 1.30. The average Bonchev–Trinajstić information content (AvgIpc) is 2.27. The van der Waals surface area contributed by atoms with Crippen molar-refractivity contribution in [2.45, 2.75) is 13.0 Å². The number of carbonyl (C=O) groups is 2. The summed E-state index contributed by atoms with van der Waals surface area (Å²) in [4.78, 5) is 22.3. The number of amides is 1. The molecule has 0 aliphatic rings. The summed E-state index contributed by atoms with van der Waals surface area (Å²) in [5.74, 6) is -4.38. The van der Waals surface area contributed by atoms with Gasteiger partial charge in [-0.15, -0.1) is 0 Å². The molecule has 0 spiro atoms. The Bertz CT molecular complexity index is 468. The van der Waals surface area contributed by atoms with Gasteiger partial charge in [-0.3, -0.25) is 9.59 Å². The largest absolute Gasteiger partial charge is 0.377 e. The Morgan fingerprint density at radius 2 is 1.79 bits per heavy atom. The number of ketones is 1. The van der Waals surface area contributed by atoms with Gasteiger partial charge in [-0.2, -0.15) is 0 Å². The van der Waals surface area contributed by atoms with Gasteiger partial charge >= 0.3 is 0 Å². The number of Topliss-reactive ketones (excluding diaryl/α,β-unsaturated/α-hetero) is 1. The first-order valence-corrected chi connectivity index (χ1v) is 5.34. The van der Waals surface area contributed by atoms with Crippen molar-refractivity contribution in [1.29, 1.82) is 0 Å². The van der Waals surface area contributed by atoms with Gasteiger partial charge in [-0.25, -0.2) is 13.2 Å². The summed E-state index contributed by atoms with van der Waals surface area (Å²) in [5.41, 5.74) is -0.464. The highest BCUT2D eigenvalue weighted by molar-refractivity contribution is 5.98. The molecule has 0 aliphatic heterocycles. The topological polar surface area (TPSA) is 55.4 Å².